The Morgan fingerprint density at radius 3 is 0.821 bits per heavy atom. The maximum Gasteiger partial charge on any atom is 0.417 e. The second-order valence-electron chi connectivity index (χ2n) is 40.9. The lowest BCUT2D eigenvalue weighted by Crippen LogP contribution is -2.32. The van der Waals surface area contributed by atoms with E-state index in [1.807, 2.05) is 202 Å². The minimum atomic E-state index is -4.45. The molecule has 0 N–H and O–H groups in total. The van der Waals surface area contributed by atoms with Gasteiger partial charge in [0, 0.05) is 94.5 Å². The van der Waals surface area contributed by atoms with Gasteiger partial charge >= 0.3 is 24.7 Å². The summed E-state index contributed by atoms with van der Waals surface area (Å²) in [5.74, 6) is 0. The molecule has 24 rings (SSSR count). The van der Waals surface area contributed by atoms with E-state index in [9.17, 15) is 52.7 Å². The summed E-state index contributed by atoms with van der Waals surface area (Å²) < 4.78 is 187. The Morgan fingerprint density at radius 1 is 0.186 bits per heavy atom. The molecule has 4 aromatic heterocycles. The van der Waals surface area contributed by atoms with Crippen LogP contribution in [0.3, 0.4) is 0 Å². The largest absolute Gasteiger partial charge is 0.417 e. The summed E-state index contributed by atoms with van der Waals surface area (Å²) in [5.41, 5.74) is 47.5. The predicted molar refractivity (Wildman–Crippen MR) is 534 cm³/mol. The Kier molecular flexibility index (Phi) is 21.9. The molecule has 140 heavy (non-hydrogen) atoms. The standard InChI is InChI=1S/4C31H27F3N/c1-16-6-7-23-20(11-16)13-21-14-22-15-26-24(28(22)29(27(21)23)31(32,33)34)8-9-35(5)30(26)25-12-17(2)10-18(3)19(25)4;1-16-6-7-20-13-21-14-22-15-26-23(27(22)29(31(32,33)34)28(21)25(20)11-16)8-9-35(5)30(26)24-12-17(2)10-18(3)19(24)4;1-16-11-18(3)19(4)25(12-16)30-26-15-21-13-20-14-24-17(2)7-6-8-22(24)27(20)29(31(32,33)34)28(21)23(26)9-10-35(30)5;1-16-11-18(3)19(4)24(12-16)30-25-15-22-14-21-13-20-8-6-7-17(2)26(20)28(21)29(31(32,33)34)27(22)23(25)9-10-35(30)5/h2*6-12,14H,13,15H2,1-5H3;6-13H,14-15H2,1-5H3;6-12,14H,13,15H2,1-5H3/q4*+1. The van der Waals surface area contributed by atoms with Gasteiger partial charge < -0.3 is 0 Å². The third-order valence-electron chi connectivity index (χ3n) is 31.5. The number of alkyl halides is 12. The van der Waals surface area contributed by atoms with Crippen molar-refractivity contribution in [2.45, 2.75) is 187 Å². The molecule has 16 aromatic rings. The van der Waals surface area contributed by atoms with Crippen LogP contribution in [0.25, 0.3) is 134 Å². The number of aryl methyl sites for hydroxylation is 16. The fourth-order valence-electron chi connectivity index (χ4n) is 25.1. The van der Waals surface area contributed by atoms with Crippen molar-refractivity contribution in [2.75, 3.05) is 0 Å². The second-order valence-corrected chi connectivity index (χ2v) is 40.9. The first-order valence-corrected chi connectivity index (χ1v) is 48.0. The number of hydrogen-bond acceptors (Lipinski definition) is 0. The fourth-order valence-corrected chi connectivity index (χ4v) is 25.1. The van der Waals surface area contributed by atoms with Crippen LogP contribution in [0.5, 0.6) is 0 Å². The van der Waals surface area contributed by atoms with E-state index in [0.717, 1.165) is 201 Å². The van der Waals surface area contributed by atoms with Crippen molar-refractivity contribution < 1.29 is 71.0 Å². The minimum Gasteiger partial charge on any atom is -0.201 e. The smallest absolute Gasteiger partial charge is 0.201 e. The first-order chi connectivity index (χ1) is 66.2. The lowest BCUT2D eigenvalue weighted by Gasteiger charge is -2.19. The SMILES string of the molecule is Cc1cc(C)c(C)c(-c2c3c(cc[n+]2C)-c2c(cc4c(c2C(F)(F)F)-c2c(C)cccc2C4)C3)c1.Cc1cc(C)c(C)c(-c2c3c(cc[n+]2C)-c2c(cc4c(c2C(F)(F)F)-c2cccc(C)c2C4)C3)c1.Cc1ccc2c(c1)-c1c(cc3c(c1C(F)(F)F)-c1cc[n+](C)c(-c4cc(C)cc(C)c4C)c1C3)C2.Cc1ccc2c(c1)Cc1cc3c(c(C(F)(F)F)c1-2)-c1cc[n+](C)c(-c2cc(C)cc(C)c2C)c1C3. The number of benzene rings is 12. The van der Waals surface area contributed by atoms with Gasteiger partial charge in [0.15, 0.2) is 24.8 Å². The first-order valence-electron chi connectivity index (χ1n) is 48.0. The number of halogens is 12. The predicted octanol–water partition coefficient (Wildman–Crippen LogP) is 30.3. The monoisotopic (exact) mass is 1880 g/mol. The van der Waals surface area contributed by atoms with E-state index in [0.29, 0.717) is 118 Å². The molecule has 0 aliphatic heterocycles. The summed E-state index contributed by atoms with van der Waals surface area (Å²) in [6.45, 7) is 32.9. The lowest BCUT2D eigenvalue weighted by atomic mass is 9.88. The zero-order valence-electron chi connectivity index (χ0n) is 82.5. The summed E-state index contributed by atoms with van der Waals surface area (Å²) in [6, 6.07) is 56.1. The molecular formula is C124H108F12N4+4. The molecule has 4 heterocycles. The first kappa shape index (κ1) is 92.7. The summed E-state index contributed by atoms with van der Waals surface area (Å²) in [7, 11) is 7.94. The Balaban J connectivity index is 0.000000111. The number of fused-ring (bicyclic) bond motifs is 24. The van der Waals surface area contributed by atoms with E-state index in [4.69, 9.17) is 0 Å². The van der Waals surface area contributed by atoms with Crippen molar-refractivity contribution in [3.8, 4) is 134 Å². The van der Waals surface area contributed by atoms with Crippen molar-refractivity contribution in [1.82, 2.24) is 0 Å². The Bertz CT molecular complexity index is 8070. The van der Waals surface area contributed by atoms with Crippen LogP contribution in [0.1, 0.15) is 200 Å². The third-order valence-corrected chi connectivity index (χ3v) is 31.5. The maximum absolute atomic E-state index is 14.9. The molecule has 4 nitrogen and oxygen atoms in total. The zero-order chi connectivity index (χ0) is 99.2. The number of pyridine rings is 4. The van der Waals surface area contributed by atoms with Gasteiger partial charge in [-0.2, -0.15) is 52.7 Å². The highest BCUT2D eigenvalue weighted by atomic mass is 19.4. The molecule has 704 valence electrons. The normalized spacial score (nSPS) is 13.5. The molecule has 0 radical (unpaired) electrons. The molecule has 0 bridgehead atoms. The second kappa shape index (κ2) is 33.0. The molecular weight excluding hydrogens is 1770 g/mol. The highest BCUT2D eigenvalue weighted by molar-refractivity contribution is 5.99. The summed E-state index contributed by atoms with van der Waals surface area (Å²) in [6.07, 6.45) is -5.92. The Hall–Kier alpha value is -13.6. The molecule has 0 fully saturated rings. The van der Waals surface area contributed by atoms with Crippen molar-refractivity contribution in [2.24, 2.45) is 28.2 Å². The van der Waals surface area contributed by atoms with Gasteiger partial charge in [-0.05, 0) is 372 Å². The van der Waals surface area contributed by atoms with Crippen molar-refractivity contribution >= 4 is 0 Å². The number of aromatic nitrogens is 4. The summed E-state index contributed by atoms with van der Waals surface area (Å²) in [5, 5.41) is 0. The summed E-state index contributed by atoms with van der Waals surface area (Å²) in [4.78, 5) is 0. The molecule has 16 heteroatoms. The highest BCUT2D eigenvalue weighted by Gasteiger charge is 2.51. The van der Waals surface area contributed by atoms with Crippen LogP contribution in [0.15, 0.2) is 195 Å². The lowest BCUT2D eigenvalue weighted by molar-refractivity contribution is -0.660. The topological polar surface area (TPSA) is 15.5 Å². The molecule has 0 spiro atoms. The molecule has 0 saturated carbocycles. The number of nitrogens with zero attached hydrogens (tertiary/aromatic N) is 4. The summed E-state index contributed by atoms with van der Waals surface area (Å²) >= 11 is 0. The van der Waals surface area contributed by atoms with Crippen LogP contribution in [0, 0.1) is 111 Å². The maximum atomic E-state index is 14.9. The van der Waals surface area contributed by atoms with Crippen molar-refractivity contribution in [3.63, 3.8) is 0 Å². The molecule has 0 unspecified atom stereocenters. The average molecular weight is 1880 g/mol. The van der Waals surface area contributed by atoms with E-state index in [1.165, 1.54) is 44.5 Å². The van der Waals surface area contributed by atoms with Gasteiger partial charge in [-0.25, -0.2) is 18.3 Å². The zero-order valence-corrected chi connectivity index (χ0v) is 82.5. The molecule has 0 saturated heterocycles. The van der Waals surface area contributed by atoms with Gasteiger partial charge in [0.05, 0.1) is 22.3 Å². The third kappa shape index (κ3) is 14.9. The minimum absolute atomic E-state index is 0.364. The van der Waals surface area contributed by atoms with Crippen LogP contribution < -0.4 is 18.3 Å². The Labute approximate surface area is 810 Å². The van der Waals surface area contributed by atoms with E-state index >= 15 is 0 Å². The van der Waals surface area contributed by atoms with Gasteiger partial charge in [0.2, 0.25) is 22.8 Å². The Morgan fingerprint density at radius 2 is 0.457 bits per heavy atom. The molecule has 8 aliphatic carbocycles. The van der Waals surface area contributed by atoms with Crippen molar-refractivity contribution in [1.29, 1.82) is 0 Å². The quantitative estimate of drug-likeness (QED) is 0.123. The van der Waals surface area contributed by atoms with Crippen LogP contribution in [0.4, 0.5) is 52.7 Å². The molecule has 0 amide bonds. The number of hydrogen-bond donors (Lipinski definition) is 0. The van der Waals surface area contributed by atoms with Crippen LogP contribution in [-0.4, -0.2) is 0 Å². The molecule has 12 aromatic carbocycles. The van der Waals surface area contributed by atoms with Gasteiger partial charge in [-0.1, -0.05) is 155 Å². The van der Waals surface area contributed by atoms with E-state index in [2.05, 4.69) is 150 Å². The van der Waals surface area contributed by atoms with Gasteiger partial charge in [-0.15, -0.1) is 0 Å². The average Bonchev–Trinajstić information content (AvgIpc) is 1.56. The van der Waals surface area contributed by atoms with Crippen LogP contribution >= 0.6 is 0 Å². The highest BCUT2D eigenvalue weighted by Crippen LogP contribution is 2.61. The van der Waals surface area contributed by atoms with Gasteiger partial charge in [0.25, 0.3) is 0 Å². The van der Waals surface area contributed by atoms with E-state index < -0.39 is 47.0 Å². The molecule has 8 aliphatic rings. The van der Waals surface area contributed by atoms with Gasteiger partial charge in [-0.3, -0.25) is 0 Å². The van der Waals surface area contributed by atoms with Crippen LogP contribution in [0.2, 0.25) is 0 Å². The van der Waals surface area contributed by atoms with Crippen LogP contribution in [-0.2, 0) is 104 Å². The van der Waals surface area contributed by atoms with Crippen molar-refractivity contribution in [3.05, 3.63) is 395 Å². The van der Waals surface area contributed by atoms with E-state index in [1.54, 1.807) is 0 Å². The number of rotatable bonds is 4. The fraction of sp³-hybridized carbons (Fsp3) is 0.258. The van der Waals surface area contributed by atoms with E-state index in [-0.39, 0.29) is 0 Å². The van der Waals surface area contributed by atoms with Gasteiger partial charge in [0.1, 0.15) is 28.2 Å². The molecule has 0 atom stereocenters.